The Balaban J connectivity index is 1.78. The SMILES string of the molecule is CCCc1ccc(OCCCC(=O)Nc2ccc([N+](=O)[O-])cc2OC)cc1. The fourth-order valence-corrected chi connectivity index (χ4v) is 2.57. The van der Waals surface area contributed by atoms with Crippen molar-refractivity contribution in [1.82, 2.24) is 0 Å². The lowest BCUT2D eigenvalue weighted by Crippen LogP contribution is -2.13. The number of benzene rings is 2. The number of non-ortho nitro benzene ring substituents is 1. The molecule has 27 heavy (non-hydrogen) atoms. The molecule has 0 saturated heterocycles. The van der Waals surface area contributed by atoms with Crippen LogP contribution < -0.4 is 14.8 Å². The number of nitrogens with one attached hydrogen (secondary N) is 1. The molecule has 1 amide bonds. The van der Waals surface area contributed by atoms with Gasteiger partial charge in [0.15, 0.2) is 0 Å². The van der Waals surface area contributed by atoms with Gasteiger partial charge < -0.3 is 14.8 Å². The number of methoxy groups -OCH3 is 1. The fraction of sp³-hybridized carbons (Fsp3) is 0.350. The van der Waals surface area contributed by atoms with E-state index in [2.05, 4.69) is 12.2 Å². The van der Waals surface area contributed by atoms with Crippen molar-refractivity contribution in [2.75, 3.05) is 19.0 Å². The van der Waals surface area contributed by atoms with Gasteiger partial charge in [-0.05, 0) is 36.6 Å². The molecule has 0 aliphatic rings. The number of ether oxygens (including phenoxy) is 2. The Morgan fingerprint density at radius 3 is 2.56 bits per heavy atom. The number of hydrogen-bond donors (Lipinski definition) is 1. The summed E-state index contributed by atoms with van der Waals surface area (Å²) in [6.07, 6.45) is 2.98. The molecule has 2 aromatic rings. The first-order chi connectivity index (χ1) is 13.0. The molecule has 0 unspecified atom stereocenters. The Kier molecular flexibility index (Phi) is 7.61. The summed E-state index contributed by atoms with van der Waals surface area (Å²) in [5.41, 5.74) is 1.59. The van der Waals surface area contributed by atoms with Gasteiger partial charge in [0.05, 0.1) is 30.4 Å². The van der Waals surface area contributed by atoms with Gasteiger partial charge in [-0.3, -0.25) is 14.9 Å². The number of carbonyl (C=O) groups excluding carboxylic acids is 1. The van der Waals surface area contributed by atoms with E-state index < -0.39 is 4.92 Å². The number of nitro benzene ring substituents is 1. The number of aryl methyl sites for hydroxylation is 1. The van der Waals surface area contributed by atoms with E-state index in [-0.39, 0.29) is 23.8 Å². The van der Waals surface area contributed by atoms with E-state index in [9.17, 15) is 14.9 Å². The average molecular weight is 372 g/mol. The minimum absolute atomic E-state index is 0.0943. The van der Waals surface area contributed by atoms with Gasteiger partial charge in [0, 0.05) is 12.5 Å². The van der Waals surface area contributed by atoms with Crippen LogP contribution in [0.4, 0.5) is 11.4 Å². The maximum Gasteiger partial charge on any atom is 0.273 e. The van der Waals surface area contributed by atoms with Crippen LogP contribution in [0.1, 0.15) is 31.7 Å². The van der Waals surface area contributed by atoms with E-state index in [4.69, 9.17) is 9.47 Å². The van der Waals surface area contributed by atoms with Crippen molar-refractivity contribution in [3.8, 4) is 11.5 Å². The minimum atomic E-state index is -0.514. The lowest BCUT2D eigenvalue weighted by molar-refractivity contribution is -0.384. The summed E-state index contributed by atoms with van der Waals surface area (Å²) in [6.45, 7) is 2.57. The molecule has 144 valence electrons. The molecule has 0 radical (unpaired) electrons. The Hall–Kier alpha value is -3.09. The van der Waals surface area contributed by atoms with E-state index in [1.165, 1.54) is 30.9 Å². The second kappa shape index (κ2) is 10.2. The highest BCUT2D eigenvalue weighted by Gasteiger charge is 2.13. The Morgan fingerprint density at radius 1 is 1.19 bits per heavy atom. The van der Waals surface area contributed by atoms with Crippen LogP contribution in [-0.2, 0) is 11.2 Å². The van der Waals surface area contributed by atoms with Gasteiger partial charge in [0.2, 0.25) is 5.91 Å². The predicted molar refractivity (Wildman–Crippen MR) is 103 cm³/mol. The van der Waals surface area contributed by atoms with Crippen LogP contribution in [0.3, 0.4) is 0 Å². The van der Waals surface area contributed by atoms with Crippen molar-refractivity contribution in [3.05, 3.63) is 58.1 Å². The number of nitro groups is 1. The predicted octanol–water partition coefficient (Wildman–Crippen LogP) is 4.35. The van der Waals surface area contributed by atoms with E-state index in [0.717, 1.165) is 18.6 Å². The van der Waals surface area contributed by atoms with Gasteiger partial charge in [-0.25, -0.2) is 0 Å². The van der Waals surface area contributed by atoms with E-state index in [1.54, 1.807) is 0 Å². The molecule has 0 spiro atoms. The van der Waals surface area contributed by atoms with Crippen LogP contribution in [0.15, 0.2) is 42.5 Å². The first kappa shape index (κ1) is 20.2. The first-order valence-electron chi connectivity index (χ1n) is 8.87. The molecule has 0 atom stereocenters. The third-order valence-corrected chi connectivity index (χ3v) is 3.95. The molecular weight excluding hydrogens is 348 g/mol. The molecule has 0 bridgehead atoms. The number of rotatable bonds is 10. The van der Waals surface area contributed by atoms with Gasteiger partial charge in [-0.15, -0.1) is 0 Å². The van der Waals surface area contributed by atoms with Crippen LogP contribution in [0, 0.1) is 10.1 Å². The van der Waals surface area contributed by atoms with Gasteiger partial charge in [-0.2, -0.15) is 0 Å². The normalized spacial score (nSPS) is 10.3. The molecular formula is C20H24N2O5. The van der Waals surface area contributed by atoms with Crippen molar-refractivity contribution < 1.29 is 19.2 Å². The number of amides is 1. The summed E-state index contributed by atoms with van der Waals surface area (Å²) in [6, 6.07) is 12.0. The topological polar surface area (TPSA) is 90.7 Å². The first-order valence-corrected chi connectivity index (χ1v) is 8.87. The zero-order valence-electron chi connectivity index (χ0n) is 15.6. The molecule has 7 nitrogen and oxygen atoms in total. The summed E-state index contributed by atoms with van der Waals surface area (Å²) in [5.74, 6) is 0.831. The maximum atomic E-state index is 12.1. The van der Waals surface area contributed by atoms with E-state index >= 15 is 0 Å². The quantitative estimate of drug-likeness (QED) is 0.380. The van der Waals surface area contributed by atoms with Crippen molar-refractivity contribution in [2.24, 2.45) is 0 Å². The van der Waals surface area contributed by atoms with Crippen molar-refractivity contribution >= 4 is 17.3 Å². The van der Waals surface area contributed by atoms with Gasteiger partial charge in [0.25, 0.3) is 5.69 Å². The maximum absolute atomic E-state index is 12.1. The molecule has 0 saturated carbocycles. The number of anilines is 1. The monoisotopic (exact) mass is 372 g/mol. The highest BCUT2D eigenvalue weighted by molar-refractivity contribution is 5.92. The summed E-state index contributed by atoms with van der Waals surface area (Å²) >= 11 is 0. The Labute approximate surface area is 158 Å². The molecule has 7 heteroatoms. The largest absolute Gasteiger partial charge is 0.494 e. The third-order valence-electron chi connectivity index (χ3n) is 3.95. The zero-order valence-corrected chi connectivity index (χ0v) is 15.6. The van der Waals surface area contributed by atoms with Crippen molar-refractivity contribution in [2.45, 2.75) is 32.6 Å². The van der Waals surface area contributed by atoms with Gasteiger partial charge in [0.1, 0.15) is 11.5 Å². The van der Waals surface area contributed by atoms with Crippen LogP contribution in [0.5, 0.6) is 11.5 Å². The van der Waals surface area contributed by atoms with Crippen LogP contribution in [-0.4, -0.2) is 24.5 Å². The standard InChI is InChI=1S/C20H24N2O5/c1-3-5-15-7-10-17(11-8-15)27-13-4-6-20(23)21-18-12-9-16(22(24)25)14-19(18)26-2/h7-12,14H,3-6,13H2,1-2H3,(H,21,23). The minimum Gasteiger partial charge on any atom is -0.494 e. The average Bonchev–Trinajstić information content (AvgIpc) is 2.67. The summed E-state index contributed by atoms with van der Waals surface area (Å²) in [4.78, 5) is 22.4. The lowest BCUT2D eigenvalue weighted by atomic mass is 10.1. The van der Waals surface area contributed by atoms with E-state index in [1.807, 2.05) is 24.3 Å². The fourth-order valence-electron chi connectivity index (χ4n) is 2.57. The molecule has 0 aliphatic carbocycles. The smallest absolute Gasteiger partial charge is 0.273 e. The van der Waals surface area contributed by atoms with Crippen molar-refractivity contribution in [1.29, 1.82) is 0 Å². The lowest BCUT2D eigenvalue weighted by Gasteiger charge is -2.10. The molecule has 0 aromatic heterocycles. The number of hydrogen-bond acceptors (Lipinski definition) is 5. The second-order valence-corrected chi connectivity index (χ2v) is 6.04. The Bertz CT molecular complexity index is 774. The van der Waals surface area contributed by atoms with Crippen LogP contribution >= 0.6 is 0 Å². The molecule has 0 fully saturated rings. The number of nitrogens with zero attached hydrogens (tertiary/aromatic N) is 1. The van der Waals surface area contributed by atoms with Gasteiger partial charge in [-0.1, -0.05) is 25.5 Å². The summed E-state index contributed by atoms with van der Waals surface area (Å²) in [7, 11) is 1.40. The van der Waals surface area contributed by atoms with Crippen LogP contribution in [0.25, 0.3) is 0 Å². The molecule has 2 rings (SSSR count). The van der Waals surface area contributed by atoms with Crippen LogP contribution in [0.2, 0.25) is 0 Å². The van der Waals surface area contributed by atoms with Gasteiger partial charge >= 0.3 is 0 Å². The molecule has 0 heterocycles. The van der Waals surface area contributed by atoms with Crippen molar-refractivity contribution in [3.63, 3.8) is 0 Å². The highest BCUT2D eigenvalue weighted by atomic mass is 16.6. The second-order valence-electron chi connectivity index (χ2n) is 6.04. The molecule has 2 aromatic carbocycles. The zero-order chi connectivity index (χ0) is 19.6. The highest BCUT2D eigenvalue weighted by Crippen LogP contribution is 2.29. The summed E-state index contributed by atoms with van der Waals surface area (Å²) < 4.78 is 10.8. The Morgan fingerprint density at radius 2 is 1.93 bits per heavy atom. The number of carbonyl (C=O) groups is 1. The third kappa shape index (κ3) is 6.29. The van der Waals surface area contributed by atoms with E-state index in [0.29, 0.717) is 18.7 Å². The molecule has 1 N–H and O–H groups in total. The summed E-state index contributed by atoms with van der Waals surface area (Å²) in [5, 5.41) is 13.5. The molecule has 0 aliphatic heterocycles.